The summed E-state index contributed by atoms with van der Waals surface area (Å²) in [6, 6.07) is -0.0522. The fourth-order valence-corrected chi connectivity index (χ4v) is 0.759. The highest BCUT2D eigenvalue weighted by molar-refractivity contribution is 5.73. The van der Waals surface area contributed by atoms with Gasteiger partial charge in [0.25, 0.3) is 0 Å². The van der Waals surface area contributed by atoms with Crippen LogP contribution in [0.15, 0.2) is 0 Å². The fourth-order valence-electron chi connectivity index (χ4n) is 0.759. The van der Waals surface area contributed by atoms with E-state index in [0.717, 1.165) is 0 Å². The fraction of sp³-hybridized carbons (Fsp3) is 0.714. The molecule has 0 spiro atoms. The normalized spacial score (nSPS) is 12.2. The number of hydrogen-bond donors (Lipinski definition) is 2. The molecule has 0 aliphatic carbocycles. The highest BCUT2D eigenvalue weighted by atomic mass is 16.4. The third-order valence-corrected chi connectivity index (χ3v) is 1.24. The van der Waals surface area contributed by atoms with Crippen molar-refractivity contribution in [3.05, 3.63) is 0 Å². The quantitative estimate of drug-likeness (QED) is 0.623. The average Bonchev–Trinajstić information content (AvgIpc) is 1.82. The first-order valence-electron chi connectivity index (χ1n) is 3.51. The molecule has 4 heteroatoms. The van der Waals surface area contributed by atoms with Crippen molar-refractivity contribution in [2.75, 3.05) is 0 Å². The SMILES string of the molecule is CC(=O)N[C@H](C)CCC(=O)O. The maximum Gasteiger partial charge on any atom is 0.303 e. The van der Waals surface area contributed by atoms with Crippen molar-refractivity contribution in [2.45, 2.75) is 32.7 Å². The molecule has 0 fully saturated rings. The van der Waals surface area contributed by atoms with Gasteiger partial charge < -0.3 is 10.4 Å². The molecule has 2 N–H and O–H groups in total. The van der Waals surface area contributed by atoms with Crippen molar-refractivity contribution in [1.29, 1.82) is 0 Å². The van der Waals surface area contributed by atoms with Crippen LogP contribution in [0, 0.1) is 0 Å². The summed E-state index contributed by atoms with van der Waals surface area (Å²) < 4.78 is 0. The first kappa shape index (κ1) is 9.94. The first-order chi connectivity index (χ1) is 5.02. The van der Waals surface area contributed by atoms with Gasteiger partial charge in [-0.05, 0) is 13.3 Å². The Morgan fingerprint density at radius 1 is 1.55 bits per heavy atom. The monoisotopic (exact) mass is 159 g/mol. The van der Waals surface area contributed by atoms with Gasteiger partial charge in [-0.15, -0.1) is 0 Å². The predicted molar refractivity (Wildman–Crippen MR) is 40.1 cm³/mol. The van der Waals surface area contributed by atoms with Crippen molar-refractivity contribution >= 4 is 11.9 Å². The lowest BCUT2D eigenvalue weighted by atomic mass is 10.2. The van der Waals surface area contributed by atoms with E-state index in [2.05, 4.69) is 5.32 Å². The zero-order chi connectivity index (χ0) is 8.85. The summed E-state index contributed by atoms with van der Waals surface area (Å²) in [7, 11) is 0. The third-order valence-electron chi connectivity index (χ3n) is 1.24. The molecule has 4 nitrogen and oxygen atoms in total. The van der Waals surface area contributed by atoms with Crippen LogP contribution in [0.5, 0.6) is 0 Å². The molecule has 0 unspecified atom stereocenters. The minimum Gasteiger partial charge on any atom is -0.481 e. The molecule has 0 bridgehead atoms. The molecule has 1 atom stereocenters. The van der Waals surface area contributed by atoms with Gasteiger partial charge in [0.1, 0.15) is 0 Å². The third kappa shape index (κ3) is 6.83. The Morgan fingerprint density at radius 3 is 2.45 bits per heavy atom. The smallest absolute Gasteiger partial charge is 0.303 e. The Morgan fingerprint density at radius 2 is 2.09 bits per heavy atom. The number of carbonyl (C=O) groups excluding carboxylic acids is 1. The number of carbonyl (C=O) groups is 2. The first-order valence-corrected chi connectivity index (χ1v) is 3.51. The second-order valence-corrected chi connectivity index (χ2v) is 2.53. The Bertz CT molecular complexity index is 156. The molecule has 0 aromatic heterocycles. The molecule has 0 aliphatic heterocycles. The number of nitrogens with one attached hydrogen (secondary N) is 1. The Hall–Kier alpha value is -1.06. The summed E-state index contributed by atoms with van der Waals surface area (Å²) in [5.74, 6) is -0.954. The number of amides is 1. The zero-order valence-corrected chi connectivity index (χ0v) is 6.76. The highest BCUT2D eigenvalue weighted by Gasteiger charge is 2.05. The molecule has 0 saturated heterocycles. The van der Waals surface area contributed by atoms with Crippen molar-refractivity contribution in [1.82, 2.24) is 5.32 Å². The van der Waals surface area contributed by atoms with Crippen LogP contribution >= 0.6 is 0 Å². The minimum atomic E-state index is -0.831. The summed E-state index contributed by atoms with van der Waals surface area (Å²) in [6.45, 7) is 3.20. The van der Waals surface area contributed by atoms with Crippen LogP contribution in [0.25, 0.3) is 0 Å². The number of hydrogen-bond acceptors (Lipinski definition) is 2. The van der Waals surface area contributed by atoms with E-state index in [-0.39, 0.29) is 18.4 Å². The number of rotatable bonds is 4. The molecule has 0 saturated carbocycles. The topological polar surface area (TPSA) is 66.4 Å². The van der Waals surface area contributed by atoms with Crippen molar-refractivity contribution in [2.24, 2.45) is 0 Å². The van der Waals surface area contributed by atoms with Crippen LogP contribution in [-0.2, 0) is 9.59 Å². The second-order valence-electron chi connectivity index (χ2n) is 2.53. The van der Waals surface area contributed by atoms with E-state index in [1.807, 2.05) is 0 Å². The van der Waals surface area contributed by atoms with Crippen LogP contribution in [0.3, 0.4) is 0 Å². The second kappa shape index (κ2) is 4.71. The van der Waals surface area contributed by atoms with E-state index in [9.17, 15) is 9.59 Å². The summed E-state index contributed by atoms with van der Waals surface area (Å²) in [5, 5.41) is 10.9. The molecule has 0 aromatic carbocycles. The summed E-state index contributed by atoms with van der Waals surface area (Å²) in [6.07, 6.45) is 0.580. The molecule has 0 rings (SSSR count). The molecule has 11 heavy (non-hydrogen) atoms. The van der Waals surface area contributed by atoms with Crippen LogP contribution in [0.1, 0.15) is 26.7 Å². The Labute approximate surface area is 65.6 Å². The molecule has 0 heterocycles. The van der Waals surface area contributed by atoms with E-state index < -0.39 is 5.97 Å². The molecule has 64 valence electrons. The molecular weight excluding hydrogens is 146 g/mol. The molecule has 0 aliphatic rings. The Balaban J connectivity index is 3.44. The highest BCUT2D eigenvalue weighted by Crippen LogP contribution is 1.95. The maximum absolute atomic E-state index is 10.4. The van der Waals surface area contributed by atoms with Gasteiger partial charge in [-0.3, -0.25) is 9.59 Å². The lowest BCUT2D eigenvalue weighted by Crippen LogP contribution is -2.30. The maximum atomic E-state index is 10.4. The van der Waals surface area contributed by atoms with Crippen molar-refractivity contribution < 1.29 is 14.7 Å². The van der Waals surface area contributed by atoms with Gasteiger partial charge in [0.05, 0.1) is 0 Å². The predicted octanol–water partition coefficient (Wildman–Crippen LogP) is 0.376. The van der Waals surface area contributed by atoms with Gasteiger partial charge in [-0.2, -0.15) is 0 Å². The molecule has 1 amide bonds. The largest absolute Gasteiger partial charge is 0.481 e. The van der Waals surface area contributed by atoms with Gasteiger partial charge >= 0.3 is 5.97 Å². The standard InChI is InChI=1S/C7H13NO3/c1-5(8-6(2)9)3-4-7(10)11/h5H,3-4H2,1-2H3,(H,8,9)(H,10,11)/t5-/m1/s1. The van der Waals surface area contributed by atoms with E-state index >= 15 is 0 Å². The summed E-state index contributed by atoms with van der Waals surface area (Å²) in [5.41, 5.74) is 0. The van der Waals surface area contributed by atoms with Crippen LogP contribution in [-0.4, -0.2) is 23.0 Å². The van der Waals surface area contributed by atoms with E-state index in [1.54, 1.807) is 6.92 Å². The van der Waals surface area contributed by atoms with E-state index in [4.69, 9.17) is 5.11 Å². The van der Waals surface area contributed by atoms with E-state index in [1.165, 1.54) is 6.92 Å². The lowest BCUT2D eigenvalue weighted by molar-refractivity contribution is -0.137. The average molecular weight is 159 g/mol. The van der Waals surface area contributed by atoms with Crippen molar-refractivity contribution in [3.8, 4) is 0 Å². The number of carboxylic acid groups (broad SMARTS) is 1. The molecular formula is C7H13NO3. The number of aliphatic carboxylic acids is 1. The van der Waals surface area contributed by atoms with Gasteiger partial charge in [0.2, 0.25) is 5.91 Å². The lowest BCUT2D eigenvalue weighted by Gasteiger charge is -2.09. The van der Waals surface area contributed by atoms with Gasteiger partial charge in [-0.1, -0.05) is 0 Å². The summed E-state index contributed by atoms with van der Waals surface area (Å²) >= 11 is 0. The molecule has 0 radical (unpaired) electrons. The van der Waals surface area contributed by atoms with E-state index in [0.29, 0.717) is 6.42 Å². The van der Waals surface area contributed by atoms with Crippen LogP contribution < -0.4 is 5.32 Å². The Kier molecular flexibility index (Phi) is 4.26. The molecule has 0 aromatic rings. The van der Waals surface area contributed by atoms with Gasteiger partial charge in [0, 0.05) is 19.4 Å². The zero-order valence-electron chi connectivity index (χ0n) is 6.76. The minimum absolute atomic E-state index is 0.0522. The van der Waals surface area contributed by atoms with Crippen LogP contribution in [0.4, 0.5) is 0 Å². The summed E-state index contributed by atoms with van der Waals surface area (Å²) in [4.78, 5) is 20.5. The number of carboxylic acids is 1. The van der Waals surface area contributed by atoms with Crippen LogP contribution in [0.2, 0.25) is 0 Å². The van der Waals surface area contributed by atoms with Crippen molar-refractivity contribution in [3.63, 3.8) is 0 Å². The van der Waals surface area contributed by atoms with Gasteiger partial charge in [0.15, 0.2) is 0 Å². The van der Waals surface area contributed by atoms with Gasteiger partial charge in [-0.25, -0.2) is 0 Å².